The number of benzene rings is 8. The van der Waals surface area contributed by atoms with Gasteiger partial charge < -0.3 is 9.13 Å². The molecule has 58 heavy (non-hydrogen) atoms. The van der Waals surface area contributed by atoms with Gasteiger partial charge in [-0.3, -0.25) is 0 Å². The van der Waals surface area contributed by atoms with Gasteiger partial charge in [0, 0.05) is 49.5 Å². The first-order valence-electron chi connectivity index (χ1n) is 19.3. The molecule has 0 aliphatic heterocycles. The van der Waals surface area contributed by atoms with Gasteiger partial charge in [-0.15, -0.1) is 0 Å². The molecule has 3 heterocycles. The van der Waals surface area contributed by atoms with Gasteiger partial charge in [-0.2, -0.15) is 5.26 Å². The molecule has 0 unspecified atom stereocenters. The third kappa shape index (κ3) is 5.37. The molecule has 11 rings (SSSR count). The van der Waals surface area contributed by atoms with E-state index in [-0.39, 0.29) is 0 Å². The lowest BCUT2D eigenvalue weighted by Crippen LogP contribution is -2.02. The number of hydrogen-bond donors (Lipinski definition) is 0. The monoisotopic (exact) mass is 740 g/mol. The molecular formula is C52H32N6. The van der Waals surface area contributed by atoms with Crippen LogP contribution in [0, 0.1) is 11.3 Å². The quantitative estimate of drug-likeness (QED) is 0.170. The summed E-state index contributed by atoms with van der Waals surface area (Å²) in [5.41, 5.74) is 11.9. The van der Waals surface area contributed by atoms with Crippen molar-refractivity contribution < 1.29 is 0 Å². The number of fused-ring (bicyclic) bond motifs is 7. The highest BCUT2D eigenvalue weighted by molar-refractivity contribution is 6.29. The van der Waals surface area contributed by atoms with E-state index in [1.807, 2.05) is 84.9 Å². The first kappa shape index (κ1) is 33.2. The molecule has 3 aromatic heterocycles. The van der Waals surface area contributed by atoms with E-state index in [0.717, 1.165) is 61.3 Å². The molecule has 0 spiro atoms. The number of aromatic nitrogens is 5. The maximum Gasteiger partial charge on any atom is 0.164 e. The normalized spacial score (nSPS) is 11.4. The Morgan fingerprint density at radius 3 is 1.41 bits per heavy atom. The molecule has 0 saturated carbocycles. The fourth-order valence-electron chi connectivity index (χ4n) is 8.40. The van der Waals surface area contributed by atoms with Crippen LogP contribution in [0.15, 0.2) is 194 Å². The molecule has 6 nitrogen and oxygen atoms in total. The van der Waals surface area contributed by atoms with Crippen LogP contribution in [-0.4, -0.2) is 24.1 Å². The van der Waals surface area contributed by atoms with Crippen LogP contribution in [0.4, 0.5) is 0 Å². The summed E-state index contributed by atoms with van der Waals surface area (Å²) in [6, 6.07) is 69.1. The molecule has 6 heteroatoms. The maximum atomic E-state index is 9.73. The van der Waals surface area contributed by atoms with Crippen molar-refractivity contribution in [2.45, 2.75) is 0 Å². The standard InChI is InChI=1S/C52H32N6/c53-33-34-24-26-35(27-25-34)42-32-38(52-55-50(36-14-4-1-5-15-36)54-51(56-52)37-16-6-2-7-17-37)28-29-45(42)58-44-23-13-11-21-41(44)49-47(58)31-30-46-48(49)40-20-10-12-22-43(40)57(46)39-18-8-3-9-19-39/h1-32H. The van der Waals surface area contributed by atoms with Crippen LogP contribution >= 0.6 is 0 Å². The SMILES string of the molecule is N#Cc1ccc(-c2cc(-c3nc(-c4ccccc4)nc(-c4ccccc4)n3)ccc2-n2c3ccccc3c3c4c5ccccc5n(-c5ccccc5)c4ccc32)cc1. The molecule has 0 aliphatic carbocycles. The van der Waals surface area contributed by atoms with Crippen LogP contribution in [0.2, 0.25) is 0 Å². The summed E-state index contributed by atoms with van der Waals surface area (Å²) in [6.07, 6.45) is 0. The Balaban J connectivity index is 1.19. The van der Waals surface area contributed by atoms with Gasteiger partial charge in [-0.1, -0.05) is 127 Å². The van der Waals surface area contributed by atoms with E-state index >= 15 is 0 Å². The van der Waals surface area contributed by atoms with Gasteiger partial charge in [0.25, 0.3) is 0 Å². The average molecular weight is 741 g/mol. The van der Waals surface area contributed by atoms with Crippen molar-refractivity contribution in [1.29, 1.82) is 5.26 Å². The van der Waals surface area contributed by atoms with E-state index in [1.54, 1.807) is 0 Å². The third-order valence-electron chi connectivity index (χ3n) is 11.0. The smallest absolute Gasteiger partial charge is 0.164 e. The fourth-order valence-corrected chi connectivity index (χ4v) is 8.40. The van der Waals surface area contributed by atoms with E-state index in [9.17, 15) is 5.26 Å². The molecule has 8 aromatic carbocycles. The van der Waals surface area contributed by atoms with Crippen molar-refractivity contribution in [3.8, 4) is 62.7 Å². The Kier molecular flexibility index (Phi) is 7.76. The van der Waals surface area contributed by atoms with Crippen LogP contribution in [0.3, 0.4) is 0 Å². The first-order valence-corrected chi connectivity index (χ1v) is 19.3. The third-order valence-corrected chi connectivity index (χ3v) is 11.0. The highest BCUT2D eigenvalue weighted by Crippen LogP contribution is 2.44. The Hall–Kier alpha value is -8.14. The van der Waals surface area contributed by atoms with E-state index < -0.39 is 0 Å². The number of nitriles is 1. The van der Waals surface area contributed by atoms with Gasteiger partial charge in [0.1, 0.15) is 0 Å². The van der Waals surface area contributed by atoms with Crippen molar-refractivity contribution >= 4 is 43.6 Å². The molecule has 0 saturated heterocycles. The predicted octanol–water partition coefficient (Wildman–Crippen LogP) is 12.6. The van der Waals surface area contributed by atoms with Crippen molar-refractivity contribution in [1.82, 2.24) is 24.1 Å². The number of para-hydroxylation sites is 3. The molecule has 0 aliphatic rings. The molecule has 0 radical (unpaired) electrons. The summed E-state index contributed by atoms with van der Waals surface area (Å²) in [7, 11) is 0. The Labute approximate surface area is 334 Å². The number of rotatable bonds is 6. The van der Waals surface area contributed by atoms with Crippen LogP contribution in [-0.2, 0) is 0 Å². The highest BCUT2D eigenvalue weighted by atomic mass is 15.0. The fraction of sp³-hybridized carbons (Fsp3) is 0. The van der Waals surface area contributed by atoms with E-state index in [2.05, 4.69) is 124 Å². The zero-order valence-corrected chi connectivity index (χ0v) is 31.2. The average Bonchev–Trinajstić information content (AvgIpc) is 3.82. The molecule has 0 atom stereocenters. The minimum absolute atomic E-state index is 0.576. The Morgan fingerprint density at radius 1 is 0.379 bits per heavy atom. The first-order chi connectivity index (χ1) is 28.7. The van der Waals surface area contributed by atoms with Gasteiger partial charge in [0.05, 0.1) is 39.4 Å². The predicted molar refractivity (Wildman–Crippen MR) is 235 cm³/mol. The lowest BCUT2D eigenvalue weighted by Gasteiger charge is -2.16. The second-order valence-corrected chi connectivity index (χ2v) is 14.4. The van der Waals surface area contributed by atoms with E-state index in [1.165, 1.54) is 21.5 Å². The topological polar surface area (TPSA) is 72.3 Å². The largest absolute Gasteiger partial charge is 0.309 e. The second kappa shape index (κ2) is 13.6. The lowest BCUT2D eigenvalue weighted by molar-refractivity contribution is 1.07. The Bertz CT molecular complexity index is 3320. The number of hydrogen-bond acceptors (Lipinski definition) is 4. The summed E-state index contributed by atoms with van der Waals surface area (Å²) in [6.45, 7) is 0. The summed E-state index contributed by atoms with van der Waals surface area (Å²) >= 11 is 0. The van der Waals surface area contributed by atoms with Gasteiger partial charge in [0.2, 0.25) is 0 Å². The highest BCUT2D eigenvalue weighted by Gasteiger charge is 2.22. The van der Waals surface area contributed by atoms with Gasteiger partial charge in [0.15, 0.2) is 17.5 Å². The molecule has 270 valence electrons. The zero-order valence-electron chi connectivity index (χ0n) is 31.2. The van der Waals surface area contributed by atoms with Crippen molar-refractivity contribution in [2.24, 2.45) is 0 Å². The molecule has 0 amide bonds. The van der Waals surface area contributed by atoms with Crippen molar-refractivity contribution in [3.63, 3.8) is 0 Å². The van der Waals surface area contributed by atoms with Crippen LogP contribution in [0.5, 0.6) is 0 Å². The van der Waals surface area contributed by atoms with Gasteiger partial charge >= 0.3 is 0 Å². The van der Waals surface area contributed by atoms with Crippen molar-refractivity contribution in [3.05, 3.63) is 200 Å². The van der Waals surface area contributed by atoms with Gasteiger partial charge in [-0.25, -0.2) is 15.0 Å². The summed E-state index contributed by atoms with van der Waals surface area (Å²) < 4.78 is 4.75. The van der Waals surface area contributed by atoms with Gasteiger partial charge in [-0.05, 0) is 72.3 Å². The van der Waals surface area contributed by atoms with Crippen molar-refractivity contribution in [2.75, 3.05) is 0 Å². The summed E-state index contributed by atoms with van der Waals surface area (Å²) in [4.78, 5) is 15.1. The molecule has 0 fully saturated rings. The summed E-state index contributed by atoms with van der Waals surface area (Å²) in [5.74, 6) is 1.79. The van der Waals surface area contributed by atoms with E-state index in [4.69, 9.17) is 15.0 Å². The molecule has 11 aromatic rings. The molecule has 0 bridgehead atoms. The van der Waals surface area contributed by atoms with E-state index in [0.29, 0.717) is 23.0 Å². The molecule has 0 N–H and O–H groups in total. The van der Waals surface area contributed by atoms with Crippen LogP contribution in [0.25, 0.3) is 100 Å². The molecular weight excluding hydrogens is 709 g/mol. The van der Waals surface area contributed by atoms with Crippen LogP contribution < -0.4 is 0 Å². The number of nitrogens with zero attached hydrogens (tertiary/aromatic N) is 6. The maximum absolute atomic E-state index is 9.73. The summed E-state index contributed by atoms with van der Waals surface area (Å²) in [5, 5.41) is 14.5. The lowest BCUT2D eigenvalue weighted by atomic mass is 9.99. The zero-order chi connectivity index (χ0) is 38.6. The minimum atomic E-state index is 0.576. The Morgan fingerprint density at radius 2 is 0.845 bits per heavy atom. The second-order valence-electron chi connectivity index (χ2n) is 14.4. The minimum Gasteiger partial charge on any atom is -0.309 e. The van der Waals surface area contributed by atoms with Crippen LogP contribution in [0.1, 0.15) is 5.56 Å².